The Labute approximate surface area is 235 Å². The number of hydrogen-bond donors (Lipinski definition) is 3. The van der Waals surface area contributed by atoms with Gasteiger partial charge in [-0.2, -0.15) is 0 Å². The molecule has 2 amide bonds. The molecule has 0 aliphatic rings. The van der Waals surface area contributed by atoms with Crippen molar-refractivity contribution in [2.45, 2.75) is 9.79 Å². The average molecular weight is 590 g/mol. The van der Waals surface area contributed by atoms with E-state index in [1.54, 1.807) is 42.5 Å². The number of anilines is 2. The summed E-state index contributed by atoms with van der Waals surface area (Å²) >= 11 is 0. The lowest BCUT2D eigenvalue weighted by atomic mass is 10.2. The summed E-state index contributed by atoms with van der Waals surface area (Å²) in [4.78, 5) is 37.0. The molecule has 208 valence electrons. The van der Waals surface area contributed by atoms with E-state index >= 15 is 0 Å². The number of rotatable bonds is 7. The van der Waals surface area contributed by atoms with E-state index in [2.05, 4.69) is 25.6 Å². The van der Waals surface area contributed by atoms with Crippen LogP contribution in [0, 0.1) is 0 Å². The maximum Gasteiger partial charge on any atom is 0.274 e. The molecule has 0 bridgehead atoms. The van der Waals surface area contributed by atoms with Gasteiger partial charge in [0.1, 0.15) is 11.5 Å². The second kappa shape index (κ2) is 10.6. The van der Waals surface area contributed by atoms with E-state index in [1.165, 1.54) is 36.4 Å². The van der Waals surface area contributed by atoms with Crippen molar-refractivity contribution >= 4 is 53.9 Å². The van der Waals surface area contributed by atoms with Crippen LogP contribution >= 0.6 is 0 Å². The lowest BCUT2D eigenvalue weighted by molar-refractivity contribution is 0.101. The molecule has 41 heavy (non-hydrogen) atoms. The van der Waals surface area contributed by atoms with Crippen molar-refractivity contribution in [3.63, 3.8) is 0 Å². The smallest absolute Gasteiger partial charge is 0.274 e. The van der Waals surface area contributed by atoms with Crippen LogP contribution in [0.4, 0.5) is 11.4 Å². The van der Waals surface area contributed by atoms with E-state index in [0.29, 0.717) is 33.8 Å². The van der Waals surface area contributed by atoms with Crippen LogP contribution in [0.1, 0.15) is 20.8 Å². The first-order chi connectivity index (χ1) is 19.4. The summed E-state index contributed by atoms with van der Waals surface area (Å²) in [7, 11) is -6.76. The summed E-state index contributed by atoms with van der Waals surface area (Å²) in [6, 6.07) is 20.5. The van der Waals surface area contributed by atoms with Gasteiger partial charge in [-0.1, -0.05) is 0 Å². The molecule has 0 saturated carbocycles. The van der Waals surface area contributed by atoms with Gasteiger partial charge in [-0.25, -0.2) is 26.8 Å². The standard InChI is InChI=1S/C28H23N5O6S2/c1-40(36,37)21-10-5-18(6-11-21)27(34)31-20-9-13-23-25(15-20)33-26(32-23)17-3-7-19(8-4-17)30-28(35)24-14-12-22(16-29-24)41(2,38)39/h3-16H,1-2H3,(H,30,35)(H,31,34)(H,32,33). The third-order valence-electron chi connectivity index (χ3n) is 6.10. The minimum atomic E-state index is -3.41. The Balaban J connectivity index is 1.27. The number of hydrogen-bond acceptors (Lipinski definition) is 8. The Morgan fingerprint density at radius 3 is 1.93 bits per heavy atom. The summed E-state index contributed by atoms with van der Waals surface area (Å²) in [6.07, 6.45) is 3.31. The Kier molecular flexibility index (Phi) is 7.15. The number of nitrogens with one attached hydrogen (secondary N) is 3. The first-order valence-corrected chi connectivity index (χ1v) is 15.8. The second-order valence-electron chi connectivity index (χ2n) is 9.25. The van der Waals surface area contributed by atoms with Crippen LogP contribution in [0.15, 0.2) is 94.9 Å². The number of aromatic amines is 1. The number of amides is 2. The molecular weight excluding hydrogens is 566 g/mol. The zero-order valence-electron chi connectivity index (χ0n) is 21.7. The topological polar surface area (TPSA) is 168 Å². The molecule has 0 aliphatic carbocycles. The number of carbonyl (C=O) groups is 2. The molecule has 0 unspecified atom stereocenters. The maximum absolute atomic E-state index is 12.6. The molecule has 13 heteroatoms. The van der Waals surface area contributed by atoms with E-state index in [9.17, 15) is 26.4 Å². The molecule has 2 aromatic heterocycles. The highest BCUT2D eigenvalue weighted by atomic mass is 32.2. The van der Waals surface area contributed by atoms with E-state index in [4.69, 9.17) is 0 Å². The fourth-order valence-electron chi connectivity index (χ4n) is 3.92. The van der Waals surface area contributed by atoms with Gasteiger partial charge in [0.2, 0.25) is 0 Å². The average Bonchev–Trinajstić information content (AvgIpc) is 3.36. The van der Waals surface area contributed by atoms with Gasteiger partial charge in [-0.05, 0) is 78.9 Å². The fourth-order valence-corrected chi connectivity index (χ4v) is 5.11. The number of fused-ring (bicyclic) bond motifs is 1. The zero-order valence-corrected chi connectivity index (χ0v) is 23.4. The van der Waals surface area contributed by atoms with Crippen molar-refractivity contribution in [2.24, 2.45) is 0 Å². The quantitative estimate of drug-likeness (QED) is 0.257. The SMILES string of the molecule is CS(=O)(=O)c1ccc(C(=O)Nc2ccc3nc(-c4ccc(NC(=O)c5ccc(S(C)(=O)=O)cn5)cc4)[nH]c3c2)cc1. The first kappa shape index (κ1) is 27.7. The Morgan fingerprint density at radius 1 is 0.707 bits per heavy atom. The monoisotopic (exact) mass is 589 g/mol. The molecule has 0 saturated heterocycles. The van der Waals surface area contributed by atoms with Gasteiger partial charge < -0.3 is 15.6 Å². The van der Waals surface area contributed by atoms with Gasteiger partial charge in [-0.3, -0.25) is 9.59 Å². The molecule has 11 nitrogen and oxygen atoms in total. The van der Waals surface area contributed by atoms with Gasteiger partial charge in [0.25, 0.3) is 11.8 Å². The number of imidazole rings is 1. The van der Waals surface area contributed by atoms with Crippen LogP contribution in [-0.4, -0.2) is 56.1 Å². The van der Waals surface area contributed by atoms with E-state index in [0.717, 1.165) is 24.3 Å². The third-order valence-corrected chi connectivity index (χ3v) is 8.32. The molecule has 0 fully saturated rings. The molecule has 2 heterocycles. The molecule has 0 radical (unpaired) electrons. The van der Waals surface area contributed by atoms with Crippen LogP contribution in [-0.2, 0) is 19.7 Å². The molecular formula is C28H23N5O6S2. The zero-order chi connectivity index (χ0) is 29.4. The van der Waals surface area contributed by atoms with Crippen molar-refractivity contribution in [1.29, 1.82) is 0 Å². The number of benzene rings is 3. The van der Waals surface area contributed by atoms with Crippen LogP contribution in [0.3, 0.4) is 0 Å². The number of H-pyrrole nitrogens is 1. The molecule has 3 N–H and O–H groups in total. The lowest BCUT2D eigenvalue weighted by Gasteiger charge is -2.06. The normalized spacial score (nSPS) is 11.8. The number of aromatic nitrogens is 3. The minimum absolute atomic E-state index is 0.0277. The first-order valence-electron chi connectivity index (χ1n) is 12.1. The fraction of sp³-hybridized carbons (Fsp3) is 0.0714. The minimum Gasteiger partial charge on any atom is -0.338 e. The molecule has 5 rings (SSSR count). The van der Waals surface area contributed by atoms with Gasteiger partial charge in [0.05, 0.1) is 20.8 Å². The van der Waals surface area contributed by atoms with Crippen LogP contribution in [0.5, 0.6) is 0 Å². The Hall–Kier alpha value is -4.88. The lowest BCUT2D eigenvalue weighted by Crippen LogP contribution is -2.14. The van der Waals surface area contributed by atoms with Crippen LogP contribution in [0.25, 0.3) is 22.4 Å². The Morgan fingerprint density at radius 2 is 1.32 bits per heavy atom. The predicted octanol–water partition coefficient (Wildman–Crippen LogP) is 3.94. The number of carbonyl (C=O) groups excluding carboxylic acids is 2. The van der Waals surface area contributed by atoms with E-state index < -0.39 is 25.6 Å². The summed E-state index contributed by atoms with van der Waals surface area (Å²) in [5.74, 6) is -0.290. The van der Waals surface area contributed by atoms with E-state index in [-0.39, 0.29) is 21.4 Å². The number of sulfone groups is 2. The summed E-state index contributed by atoms with van der Waals surface area (Å²) < 4.78 is 46.4. The number of pyridine rings is 1. The molecule has 3 aromatic carbocycles. The van der Waals surface area contributed by atoms with Crippen LogP contribution in [0.2, 0.25) is 0 Å². The van der Waals surface area contributed by atoms with Crippen molar-refractivity contribution in [1.82, 2.24) is 15.0 Å². The van der Waals surface area contributed by atoms with Crippen LogP contribution < -0.4 is 10.6 Å². The van der Waals surface area contributed by atoms with Crippen molar-refractivity contribution in [3.8, 4) is 11.4 Å². The maximum atomic E-state index is 12.6. The van der Waals surface area contributed by atoms with Crippen molar-refractivity contribution in [2.75, 3.05) is 23.1 Å². The van der Waals surface area contributed by atoms with Gasteiger partial charge in [0.15, 0.2) is 19.7 Å². The summed E-state index contributed by atoms with van der Waals surface area (Å²) in [6.45, 7) is 0. The van der Waals surface area contributed by atoms with Gasteiger partial charge in [0, 0.05) is 41.2 Å². The highest BCUT2D eigenvalue weighted by molar-refractivity contribution is 7.91. The molecule has 0 atom stereocenters. The second-order valence-corrected chi connectivity index (χ2v) is 13.3. The van der Waals surface area contributed by atoms with Gasteiger partial charge >= 0.3 is 0 Å². The van der Waals surface area contributed by atoms with Gasteiger partial charge in [-0.15, -0.1) is 0 Å². The Bertz CT molecular complexity index is 2000. The highest BCUT2D eigenvalue weighted by Gasteiger charge is 2.14. The van der Waals surface area contributed by atoms with E-state index in [1.807, 2.05) is 0 Å². The van der Waals surface area contributed by atoms with Crippen molar-refractivity contribution < 1.29 is 26.4 Å². The highest BCUT2D eigenvalue weighted by Crippen LogP contribution is 2.25. The summed E-state index contributed by atoms with van der Waals surface area (Å²) in [5, 5.41) is 5.52. The largest absolute Gasteiger partial charge is 0.338 e. The molecule has 0 spiro atoms. The molecule has 0 aliphatic heterocycles. The third kappa shape index (κ3) is 6.31. The summed E-state index contributed by atoms with van der Waals surface area (Å²) in [5.41, 5.74) is 3.55. The predicted molar refractivity (Wildman–Crippen MR) is 154 cm³/mol. The van der Waals surface area contributed by atoms with Crippen molar-refractivity contribution in [3.05, 3.63) is 96.3 Å². The molecule has 5 aromatic rings. The number of nitrogens with zero attached hydrogens (tertiary/aromatic N) is 2.